The minimum atomic E-state index is -5.87. The van der Waals surface area contributed by atoms with Crippen molar-refractivity contribution in [2.45, 2.75) is 50.1 Å². The third-order valence-electron chi connectivity index (χ3n) is 3.92. The van der Waals surface area contributed by atoms with E-state index in [1.54, 1.807) is 0 Å². The lowest BCUT2D eigenvalue weighted by Crippen LogP contribution is -2.59. The van der Waals surface area contributed by atoms with Gasteiger partial charge in [0.2, 0.25) is 0 Å². The average Bonchev–Trinajstić information content (AvgIpc) is 2.82. The Morgan fingerprint density at radius 3 is 1.95 bits per heavy atom. The molecule has 0 aromatic heterocycles. The zero-order valence-electron chi connectivity index (χ0n) is 11.6. The van der Waals surface area contributed by atoms with Crippen LogP contribution in [0.5, 0.6) is 0 Å². The third kappa shape index (κ3) is 3.74. The highest BCUT2D eigenvalue weighted by Crippen LogP contribution is 2.53. The van der Waals surface area contributed by atoms with E-state index in [0.29, 0.717) is 12.8 Å². The van der Waals surface area contributed by atoms with Gasteiger partial charge in [-0.05, 0) is 12.8 Å². The lowest BCUT2D eigenvalue weighted by Gasteiger charge is -2.39. The number of hydrogen-bond acceptors (Lipinski definition) is 3. The third-order valence-corrected chi connectivity index (χ3v) is 3.92. The van der Waals surface area contributed by atoms with Gasteiger partial charge in [-0.1, -0.05) is 19.4 Å². The summed E-state index contributed by atoms with van der Waals surface area (Å²) in [5, 5.41) is 9.32. The fraction of sp³-hybridized carbons (Fsp3) is 0.769. The second kappa shape index (κ2) is 6.10. The van der Waals surface area contributed by atoms with Crippen LogP contribution in [0, 0.1) is 5.41 Å². The molecule has 0 radical (unpaired) electrons. The number of aliphatic hydroxyl groups is 1. The number of rotatable bonds is 5. The van der Waals surface area contributed by atoms with Gasteiger partial charge >= 0.3 is 18.3 Å². The van der Waals surface area contributed by atoms with E-state index in [1.807, 2.05) is 0 Å². The Labute approximate surface area is 122 Å². The van der Waals surface area contributed by atoms with Gasteiger partial charge in [-0.3, -0.25) is 0 Å². The molecule has 0 atom stereocenters. The van der Waals surface area contributed by atoms with Gasteiger partial charge in [-0.15, -0.1) is 0 Å². The Morgan fingerprint density at radius 1 is 1.14 bits per heavy atom. The molecule has 1 aliphatic rings. The molecule has 1 fully saturated rings. The second-order valence-corrected chi connectivity index (χ2v) is 5.55. The topological polar surface area (TPSA) is 46.5 Å². The summed E-state index contributed by atoms with van der Waals surface area (Å²) in [6, 6.07) is 0. The van der Waals surface area contributed by atoms with Crippen LogP contribution in [0.4, 0.5) is 26.3 Å². The first kappa shape index (κ1) is 18.8. The maximum absolute atomic E-state index is 12.8. The van der Waals surface area contributed by atoms with Crippen molar-refractivity contribution in [2.75, 3.05) is 6.61 Å². The fourth-order valence-electron chi connectivity index (χ4n) is 2.68. The molecule has 0 aromatic rings. The predicted octanol–water partition coefficient (Wildman–Crippen LogP) is 3.52. The van der Waals surface area contributed by atoms with E-state index < -0.39 is 42.4 Å². The van der Waals surface area contributed by atoms with E-state index in [9.17, 15) is 36.2 Å². The molecule has 0 aromatic carbocycles. The van der Waals surface area contributed by atoms with Crippen LogP contribution in [-0.2, 0) is 9.53 Å². The van der Waals surface area contributed by atoms with Gasteiger partial charge in [0.25, 0.3) is 5.60 Å². The van der Waals surface area contributed by atoms with Crippen LogP contribution in [0.25, 0.3) is 0 Å². The monoisotopic (exact) mass is 334 g/mol. The molecule has 0 saturated heterocycles. The first-order valence-electron chi connectivity index (χ1n) is 6.52. The molecule has 1 saturated carbocycles. The zero-order chi connectivity index (χ0) is 17.2. The summed E-state index contributed by atoms with van der Waals surface area (Å²) in [6.07, 6.45) is -11.8. The Balaban J connectivity index is 3.06. The summed E-state index contributed by atoms with van der Waals surface area (Å²) in [7, 11) is 0. The molecule has 1 rings (SSSR count). The summed E-state index contributed by atoms with van der Waals surface area (Å²) in [5.74, 6) is -0.936. The number of carbonyl (C=O) groups is 1. The van der Waals surface area contributed by atoms with Gasteiger partial charge in [-0.2, -0.15) is 26.3 Å². The highest BCUT2D eigenvalue weighted by molar-refractivity contribution is 5.81. The summed E-state index contributed by atoms with van der Waals surface area (Å²) in [6.45, 7) is 2.48. The molecule has 1 aliphatic carbocycles. The minimum Gasteiger partial charge on any atom is -0.462 e. The molecule has 0 bridgehead atoms. The molecule has 3 nitrogen and oxygen atoms in total. The van der Waals surface area contributed by atoms with Gasteiger partial charge in [0.15, 0.2) is 0 Å². The van der Waals surface area contributed by atoms with E-state index in [2.05, 4.69) is 11.3 Å². The Bertz CT molecular complexity index is 406. The number of alkyl halides is 6. The predicted molar refractivity (Wildman–Crippen MR) is 63.7 cm³/mol. The maximum Gasteiger partial charge on any atom is 0.426 e. The van der Waals surface area contributed by atoms with Gasteiger partial charge in [-0.25, -0.2) is 4.79 Å². The second-order valence-electron chi connectivity index (χ2n) is 5.55. The first-order valence-corrected chi connectivity index (χ1v) is 6.52. The number of ether oxygens (including phenoxy) is 1. The Hall–Kier alpha value is -1.25. The van der Waals surface area contributed by atoms with E-state index in [4.69, 9.17) is 0 Å². The SMILES string of the molecule is C=CC(=O)OCC1(CC(O)(C(F)(F)F)C(F)(F)F)CCCC1. The van der Waals surface area contributed by atoms with E-state index in [1.165, 1.54) is 0 Å². The number of esters is 1. The molecular weight excluding hydrogens is 318 g/mol. The van der Waals surface area contributed by atoms with Crippen LogP contribution >= 0.6 is 0 Å². The molecule has 0 heterocycles. The van der Waals surface area contributed by atoms with Crippen LogP contribution in [-0.4, -0.2) is 35.6 Å². The molecule has 1 N–H and O–H groups in total. The van der Waals surface area contributed by atoms with Crippen molar-refractivity contribution in [3.63, 3.8) is 0 Å². The van der Waals surface area contributed by atoms with Crippen molar-refractivity contribution in [1.82, 2.24) is 0 Å². The molecule has 0 spiro atoms. The number of halogens is 6. The van der Waals surface area contributed by atoms with Gasteiger partial charge < -0.3 is 9.84 Å². The van der Waals surface area contributed by atoms with Gasteiger partial charge in [0.1, 0.15) is 0 Å². The van der Waals surface area contributed by atoms with Gasteiger partial charge in [0, 0.05) is 17.9 Å². The summed E-state index contributed by atoms with van der Waals surface area (Å²) >= 11 is 0. The highest BCUT2D eigenvalue weighted by atomic mass is 19.4. The summed E-state index contributed by atoms with van der Waals surface area (Å²) in [4.78, 5) is 11.0. The summed E-state index contributed by atoms with van der Waals surface area (Å²) in [5.41, 5.74) is -6.39. The quantitative estimate of drug-likeness (QED) is 0.475. The van der Waals surface area contributed by atoms with Crippen molar-refractivity contribution in [3.05, 3.63) is 12.7 Å². The molecule has 0 amide bonds. The van der Waals surface area contributed by atoms with Gasteiger partial charge in [0.05, 0.1) is 6.61 Å². The summed E-state index contributed by atoms with van der Waals surface area (Å²) < 4.78 is 81.4. The van der Waals surface area contributed by atoms with E-state index in [0.717, 1.165) is 6.08 Å². The van der Waals surface area contributed by atoms with Crippen molar-refractivity contribution < 1.29 is 41.0 Å². The molecule has 9 heteroatoms. The molecule has 0 aliphatic heterocycles. The number of hydrogen-bond donors (Lipinski definition) is 1. The van der Waals surface area contributed by atoms with E-state index >= 15 is 0 Å². The van der Waals surface area contributed by atoms with Crippen molar-refractivity contribution in [2.24, 2.45) is 5.41 Å². The van der Waals surface area contributed by atoms with Crippen LogP contribution in [0.2, 0.25) is 0 Å². The Kier molecular flexibility index (Phi) is 5.21. The lowest BCUT2D eigenvalue weighted by atomic mass is 9.75. The zero-order valence-corrected chi connectivity index (χ0v) is 11.6. The molecule has 128 valence electrons. The van der Waals surface area contributed by atoms with Crippen LogP contribution in [0.1, 0.15) is 32.1 Å². The largest absolute Gasteiger partial charge is 0.462 e. The number of carbonyl (C=O) groups excluding carboxylic acids is 1. The molecule has 22 heavy (non-hydrogen) atoms. The molecule has 0 unspecified atom stereocenters. The first-order chi connectivity index (χ1) is 9.87. The minimum absolute atomic E-state index is 0.00585. The van der Waals surface area contributed by atoms with Crippen LogP contribution in [0.3, 0.4) is 0 Å². The fourth-order valence-corrected chi connectivity index (χ4v) is 2.68. The normalized spacial score (nSPS) is 19.0. The van der Waals surface area contributed by atoms with Crippen LogP contribution in [0.15, 0.2) is 12.7 Å². The smallest absolute Gasteiger partial charge is 0.426 e. The van der Waals surface area contributed by atoms with Crippen LogP contribution < -0.4 is 0 Å². The highest BCUT2D eigenvalue weighted by Gasteiger charge is 2.72. The lowest BCUT2D eigenvalue weighted by molar-refractivity contribution is -0.376. The van der Waals surface area contributed by atoms with Crippen molar-refractivity contribution >= 4 is 5.97 Å². The Morgan fingerprint density at radius 2 is 1.59 bits per heavy atom. The average molecular weight is 334 g/mol. The van der Waals surface area contributed by atoms with Crippen molar-refractivity contribution in [1.29, 1.82) is 0 Å². The van der Waals surface area contributed by atoms with E-state index in [-0.39, 0.29) is 12.8 Å². The molecular formula is C13H16F6O3. The van der Waals surface area contributed by atoms with Crippen molar-refractivity contribution in [3.8, 4) is 0 Å². The maximum atomic E-state index is 12.8. The standard InChI is InChI=1S/C13H16F6O3/c1-2-9(20)22-8-10(5-3-4-6-10)7-11(21,12(14,15)16)13(17,18)19/h2,21H,1,3-8H2.